The van der Waals surface area contributed by atoms with Gasteiger partial charge >= 0.3 is 0 Å². The molecule has 0 radical (unpaired) electrons. The van der Waals surface area contributed by atoms with E-state index in [0.717, 1.165) is 27.7 Å². The molecule has 0 atom stereocenters. The number of nitrogens with one attached hydrogen (secondary N) is 2. The van der Waals surface area contributed by atoms with Crippen LogP contribution in [0.5, 0.6) is 11.5 Å². The molecule has 2 N–H and O–H groups in total. The molecule has 9 nitrogen and oxygen atoms in total. The highest BCUT2D eigenvalue weighted by Crippen LogP contribution is 2.33. The maximum atomic E-state index is 14.2. The van der Waals surface area contributed by atoms with Crippen molar-refractivity contribution in [3.05, 3.63) is 67.0 Å². The number of benzene rings is 1. The number of fused-ring (bicyclic) bond motifs is 2. The van der Waals surface area contributed by atoms with Crippen molar-refractivity contribution < 1.29 is 13.9 Å². The van der Waals surface area contributed by atoms with Gasteiger partial charge in [-0.15, -0.1) is 0 Å². The highest BCUT2D eigenvalue weighted by atomic mass is 19.1. The number of aromatic amines is 2. The standard InChI is InChI=1S/C25H18FN7O2/c1-34-16-6-13(5-15(26)8-16)22-24-19(3-4-28-22)30-25(31-24)23-18-9-20(29-12-21(18)32-33-23)14-7-17(35-2)11-27-10-14/h3-12H,1-2H3,(H,30,31)(H,32,33). The molecular weight excluding hydrogens is 449 g/mol. The van der Waals surface area contributed by atoms with Crippen molar-refractivity contribution in [2.24, 2.45) is 0 Å². The number of hydrogen-bond donors (Lipinski definition) is 2. The van der Waals surface area contributed by atoms with E-state index >= 15 is 0 Å². The predicted octanol–water partition coefficient (Wildman–Crippen LogP) is 4.78. The van der Waals surface area contributed by atoms with E-state index in [-0.39, 0.29) is 0 Å². The van der Waals surface area contributed by atoms with Gasteiger partial charge in [0.1, 0.15) is 28.5 Å². The second-order valence-corrected chi connectivity index (χ2v) is 7.82. The number of ether oxygens (including phenoxy) is 2. The molecule has 1 aromatic carbocycles. The maximum absolute atomic E-state index is 14.2. The lowest BCUT2D eigenvalue weighted by molar-refractivity contribution is 0.411. The fourth-order valence-electron chi connectivity index (χ4n) is 4.00. The Labute approximate surface area is 198 Å². The normalized spacial score (nSPS) is 11.3. The van der Waals surface area contributed by atoms with Gasteiger partial charge in [-0.2, -0.15) is 5.10 Å². The third-order valence-electron chi connectivity index (χ3n) is 5.70. The molecule has 0 bridgehead atoms. The average Bonchev–Trinajstić information content (AvgIpc) is 3.51. The van der Waals surface area contributed by atoms with Crippen molar-refractivity contribution in [2.75, 3.05) is 14.2 Å². The summed E-state index contributed by atoms with van der Waals surface area (Å²) in [5.41, 5.74) is 5.35. The second kappa shape index (κ2) is 8.17. The van der Waals surface area contributed by atoms with Gasteiger partial charge in [0.05, 0.1) is 49.0 Å². The minimum atomic E-state index is -0.417. The van der Waals surface area contributed by atoms with Crippen molar-refractivity contribution in [3.63, 3.8) is 0 Å². The van der Waals surface area contributed by atoms with Gasteiger partial charge in [0.25, 0.3) is 0 Å². The molecule has 10 heteroatoms. The third kappa shape index (κ3) is 3.61. The largest absolute Gasteiger partial charge is 0.497 e. The van der Waals surface area contributed by atoms with Gasteiger partial charge in [0, 0.05) is 35.0 Å². The zero-order chi connectivity index (χ0) is 23.9. The molecular formula is C25H18FN7O2. The average molecular weight is 467 g/mol. The summed E-state index contributed by atoms with van der Waals surface area (Å²) in [7, 11) is 3.09. The first kappa shape index (κ1) is 20.7. The van der Waals surface area contributed by atoms with E-state index in [2.05, 4.69) is 30.1 Å². The SMILES string of the molecule is COc1cncc(-c2cc3c(-c4nc5c(-c6cc(F)cc(OC)c6)nccc5[nH]4)n[nH]c3cn2)c1. The fraction of sp³-hybridized carbons (Fsp3) is 0.0800. The summed E-state index contributed by atoms with van der Waals surface area (Å²) in [5, 5.41) is 8.31. The fourth-order valence-corrected chi connectivity index (χ4v) is 4.00. The Balaban J connectivity index is 1.48. The molecule has 0 unspecified atom stereocenters. The lowest BCUT2D eigenvalue weighted by atomic mass is 10.1. The lowest BCUT2D eigenvalue weighted by Crippen LogP contribution is -1.90. The molecule has 0 amide bonds. The van der Waals surface area contributed by atoms with Crippen LogP contribution in [-0.4, -0.2) is 49.3 Å². The first-order valence-corrected chi connectivity index (χ1v) is 10.7. The Morgan fingerprint density at radius 2 is 1.69 bits per heavy atom. The summed E-state index contributed by atoms with van der Waals surface area (Å²) in [5.74, 6) is 1.17. The lowest BCUT2D eigenvalue weighted by Gasteiger charge is -2.05. The van der Waals surface area contributed by atoms with Crippen LogP contribution >= 0.6 is 0 Å². The number of halogens is 1. The highest BCUT2D eigenvalue weighted by Gasteiger charge is 2.17. The van der Waals surface area contributed by atoms with Crippen molar-refractivity contribution in [3.8, 4) is 45.5 Å². The van der Waals surface area contributed by atoms with E-state index in [9.17, 15) is 4.39 Å². The number of pyridine rings is 3. The van der Waals surface area contributed by atoms with E-state index < -0.39 is 5.82 Å². The Morgan fingerprint density at radius 1 is 0.829 bits per heavy atom. The number of H-pyrrole nitrogens is 2. The van der Waals surface area contributed by atoms with E-state index in [4.69, 9.17) is 14.5 Å². The van der Waals surface area contributed by atoms with E-state index in [1.54, 1.807) is 38.0 Å². The number of hydrogen-bond acceptors (Lipinski definition) is 7. The predicted molar refractivity (Wildman–Crippen MR) is 129 cm³/mol. The van der Waals surface area contributed by atoms with Gasteiger partial charge in [-0.1, -0.05) is 0 Å². The van der Waals surface area contributed by atoms with Crippen LogP contribution in [0.3, 0.4) is 0 Å². The molecule has 0 spiro atoms. The van der Waals surface area contributed by atoms with Crippen LogP contribution in [0.2, 0.25) is 0 Å². The topological polar surface area (TPSA) is 114 Å². The smallest absolute Gasteiger partial charge is 0.159 e. The first-order valence-electron chi connectivity index (χ1n) is 10.7. The van der Waals surface area contributed by atoms with Crippen molar-refractivity contribution in [1.29, 1.82) is 0 Å². The zero-order valence-corrected chi connectivity index (χ0v) is 18.7. The van der Waals surface area contributed by atoms with Crippen LogP contribution in [0.4, 0.5) is 4.39 Å². The molecule has 172 valence electrons. The summed E-state index contributed by atoms with van der Waals surface area (Å²) < 4.78 is 24.7. The molecule has 0 aliphatic rings. The summed E-state index contributed by atoms with van der Waals surface area (Å²) in [6.07, 6.45) is 6.73. The summed E-state index contributed by atoms with van der Waals surface area (Å²) in [6, 6.07) is 10.1. The minimum absolute atomic E-state index is 0.403. The molecule has 5 heterocycles. The molecule has 0 saturated heterocycles. The monoisotopic (exact) mass is 467 g/mol. The molecule has 35 heavy (non-hydrogen) atoms. The second-order valence-electron chi connectivity index (χ2n) is 7.82. The minimum Gasteiger partial charge on any atom is -0.497 e. The van der Waals surface area contributed by atoms with Crippen molar-refractivity contribution in [1.82, 2.24) is 35.1 Å². The Bertz CT molecular complexity index is 1710. The Hall–Kier alpha value is -4.86. The number of rotatable bonds is 5. The maximum Gasteiger partial charge on any atom is 0.159 e. The molecule has 0 aliphatic carbocycles. The quantitative estimate of drug-likeness (QED) is 0.375. The number of imidazole rings is 1. The summed E-state index contributed by atoms with van der Waals surface area (Å²) in [6.45, 7) is 0. The molecule has 6 aromatic rings. The summed E-state index contributed by atoms with van der Waals surface area (Å²) >= 11 is 0. The van der Waals surface area contributed by atoms with Crippen LogP contribution in [0, 0.1) is 5.82 Å². The van der Waals surface area contributed by atoms with Crippen LogP contribution < -0.4 is 9.47 Å². The van der Waals surface area contributed by atoms with Gasteiger partial charge in [-0.3, -0.25) is 20.1 Å². The third-order valence-corrected chi connectivity index (χ3v) is 5.70. The van der Waals surface area contributed by atoms with Crippen molar-refractivity contribution >= 4 is 21.9 Å². The summed E-state index contributed by atoms with van der Waals surface area (Å²) in [4.78, 5) is 21.3. The van der Waals surface area contributed by atoms with Crippen LogP contribution in [0.15, 0.2) is 61.2 Å². The van der Waals surface area contributed by atoms with Gasteiger partial charge in [-0.05, 0) is 30.3 Å². The first-order chi connectivity index (χ1) is 17.1. The van der Waals surface area contributed by atoms with Crippen LogP contribution in [0.25, 0.3) is 56.0 Å². The van der Waals surface area contributed by atoms with Gasteiger partial charge in [-0.25, -0.2) is 9.37 Å². The van der Waals surface area contributed by atoms with Gasteiger partial charge < -0.3 is 14.5 Å². The van der Waals surface area contributed by atoms with Crippen LogP contribution in [-0.2, 0) is 0 Å². The molecule has 0 saturated carbocycles. The van der Waals surface area contributed by atoms with Gasteiger partial charge in [0.2, 0.25) is 0 Å². The Morgan fingerprint density at radius 3 is 2.54 bits per heavy atom. The molecule has 6 rings (SSSR count). The van der Waals surface area contributed by atoms with E-state index in [0.29, 0.717) is 39.8 Å². The molecule has 0 fully saturated rings. The Kier molecular flexibility index (Phi) is 4.84. The number of aromatic nitrogens is 7. The van der Waals surface area contributed by atoms with E-state index in [1.165, 1.54) is 19.2 Å². The number of nitrogens with zero attached hydrogens (tertiary/aromatic N) is 5. The molecule has 0 aliphatic heterocycles. The van der Waals surface area contributed by atoms with Gasteiger partial charge in [0.15, 0.2) is 5.82 Å². The van der Waals surface area contributed by atoms with Crippen LogP contribution in [0.1, 0.15) is 0 Å². The number of methoxy groups -OCH3 is 2. The van der Waals surface area contributed by atoms with Crippen molar-refractivity contribution in [2.45, 2.75) is 0 Å². The zero-order valence-electron chi connectivity index (χ0n) is 18.7. The van der Waals surface area contributed by atoms with E-state index in [1.807, 2.05) is 18.2 Å². The molecule has 5 aromatic heterocycles. The highest BCUT2D eigenvalue weighted by molar-refractivity contribution is 5.96.